The van der Waals surface area contributed by atoms with Crippen molar-refractivity contribution in [3.8, 4) is 0 Å². The third-order valence-corrected chi connectivity index (χ3v) is 6.72. The van der Waals surface area contributed by atoms with Gasteiger partial charge in [0.15, 0.2) is 0 Å². The van der Waals surface area contributed by atoms with Crippen LogP contribution in [-0.4, -0.2) is 23.3 Å². The Morgan fingerprint density at radius 3 is 1.34 bits per heavy atom. The predicted octanol–water partition coefficient (Wildman–Crippen LogP) is 6.30. The summed E-state index contributed by atoms with van der Waals surface area (Å²) in [4.78, 5) is 27.1. The van der Waals surface area contributed by atoms with E-state index in [4.69, 9.17) is 0 Å². The number of rotatable bonds is 8. The van der Waals surface area contributed by atoms with Crippen LogP contribution >= 0.6 is 23.5 Å². The number of thioether (sulfide) groups is 2. The second-order valence-electron chi connectivity index (χ2n) is 7.01. The van der Waals surface area contributed by atoms with Gasteiger partial charge >= 0.3 is 0 Å². The van der Waals surface area contributed by atoms with E-state index in [1.54, 1.807) is 0 Å². The number of hydrogen-bond acceptors (Lipinski definition) is 4. The van der Waals surface area contributed by atoms with Crippen LogP contribution in [0.25, 0.3) is 10.8 Å². The van der Waals surface area contributed by atoms with Crippen LogP contribution < -0.4 is 10.6 Å². The number of amides is 2. The number of nitrogens with one attached hydrogen (secondary N) is 2. The fourth-order valence-corrected chi connectivity index (χ4v) is 4.67. The Morgan fingerprint density at radius 2 is 0.938 bits per heavy atom. The maximum absolute atomic E-state index is 12.5. The molecule has 0 heterocycles. The monoisotopic (exact) mass is 458 g/mol. The lowest BCUT2D eigenvalue weighted by molar-refractivity contribution is -0.114. The highest BCUT2D eigenvalue weighted by Gasteiger charge is 2.11. The quantitative estimate of drug-likeness (QED) is 0.304. The van der Waals surface area contributed by atoms with Gasteiger partial charge in [0.25, 0.3) is 0 Å². The number of benzene rings is 4. The Hall–Kier alpha value is -3.22. The third-order valence-electron chi connectivity index (χ3n) is 4.70. The van der Waals surface area contributed by atoms with Gasteiger partial charge in [-0.2, -0.15) is 0 Å². The SMILES string of the molecule is O=C(CSc1ccccc1)Nc1cccc2c(NC(=O)CSc3ccccc3)cccc12. The molecule has 2 amide bonds. The molecule has 0 fully saturated rings. The first-order valence-electron chi connectivity index (χ1n) is 10.2. The van der Waals surface area contributed by atoms with Crippen LogP contribution in [0.15, 0.2) is 107 Å². The van der Waals surface area contributed by atoms with Crippen LogP contribution in [0.1, 0.15) is 0 Å². The topological polar surface area (TPSA) is 58.2 Å². The molecule has 0 spiro atoms. The summed E-state index contributed by atoms with van der Waals surface area (Å²) in [7, 11) is 0. The molecule has 0 aliphatic carbocycles. The Balaban J connectivity index is 1.42. The number of hydrogen-bond donors (Lipinski definition) is 2. The van der Waals surface area contributed by atoms with Gasteiger partial charge in [-0.25, -0.2) is 0 Å². The summed E-state index contributed by atoms with van der Waals surface area (Å²) >= 11 is 2.99. The standard InChI is InChI=1S/C26H22N2O2S2/c29-25(17-31-19-9-3-1-4-10-19)27-23-15-7-14-22-21(23)13-8-16-24(22)28-26(30)18-32-20-11-5-2-6-12-20/h1-16H,17-18H2,(H,27,29)(H,28,30). The molecule has 0 aromatic heterocycles. The van der Waals surface area contributed by atoms with Gasteiger partial charge in [-0.1, -0.05) is 60.7 Å². The van der Waals surface area contributed by atoms with Crippen LogP contribution in [-0.2, 0) is 9.59 Å². The molecule has 0 bridgehead atoms. The maximum atomic E-state index is 12.5. The van der Waals surface area contributed by atoms with Crippen molar-refractivity contribution in [2.75, 3.05) is 22.1 Å². The number of fused-ring (bicyclic) bond motifs is 1. The molecule has 4 aromatic rings. The van der Waals surface area contributed by atoms with Gasteiger partial charge in [0.2, 0.25) is 11.8 Å². The van der Waals surface area contributed by atoms with E-state index in [0.717, 1.165) is 31.9 Å². The van der Waals surface area contributed by atoms with E-state index in [0.29, 0.717) is 11.5 Å². The minimum absolute atomic E-state index is 0.0694. The second-order valence-corrected chi connectivity index (χ2v) is 9.10. The average molecular weight is 459 g/mol. The average Bonchev–Trinajstić information content (AvgIpc) is 2.83. The van der Waals surface area contributed by atoms with E-state index in [-0.39, 0.29) is 11.8 Å². The molecule has 2 N–H and O–H groups in total. The van der Waals surface area contributed by atoms with Gasteiger partial charge in [0.05, 0.1) is 11.5 Å². The van der Waals surface area contributed by atoms with Crippen LogP contribution in [0.5, 0.6) is 0 Å². The zero-order valence-corrected chi connectivity index (χ0v) is 18.9. The lowest BCUT2D eigenvalue weighted by Crippen LogP contribution is -2.15. The van der Waals surface area contributed by atoms with Crippen molar-refractivity contribution in [2.24, 2.45) is 0 Å². The summed E-state index contributed by atoms with van der Waals surface area (Å²) in [6.45, 7) is 0. The van der Waals surface area contributed by atoms with Gasteiger partial charge in [0.1, 0.15) is 0 Å². The molecule has 6 heteroatoms. The number of carbonyl (C=O) groups is 2. The normalized spacial score (nSPS) is 10.6. The van der Waals surface area contributed by atoms with Crippen molar-refractivity contribution in [2.45, 2.75) is 9.79 Å². The van der Waals surface area contributed by atoms with E-state index >= 15 is 0 Å². The Bertz CT molecular complexity index is 1120. The summed E-state index contributed by atoms with van der Waals surface area (Å²) in [5.74, 6) is 0.515. The van der Waals surface area contributed by atoms with E-state index < -0.39 is 0 Å². The Morgan fingerprint density at radius 1 is 0.531 bits per heavy atom. The van der Waals surface area contributed by atoms with Gasteiger partial charge in [-0.15, -0.1) is 23.5 Å². The lowest BCUT2D eigenvalue weighted by atomic mass is 10.1. The molecule has 4 nitrogen and oxygen atoms in total. The van der Waals surface area contributed by atoms with Crippen molar-refractivity contribution in [3.05, 3.63) is 97.1 Å². The van der Waals surface area contributed by atoms with Crippen molar-refractivity contribution < 1.29 is 9.59 Å². The first kappa shape index (κ1) is 22.0. The van der Waals surface area contributed by atoms with Crippen LogP contribution in [0.3, 0.4) is 0 Å². The smallest absolute Gasteiger partial charge is 0.234 e. The van der Waals surface area contributed by atoms with E-state index in [1.165, 1.54) is 23.5 Å². The zero-order valence-electron chi connectivity index (χ0n) is 17.3. The predicted molar refractivity (Wildman–Crippen MR) is 136 cm³/mol. The highest BCUT2D eigenvalue weighted by molar-refractivity contribution is 8.00. The lowest BCUT2D eigenvalue weighted by Gasteiger charge is -2.13. The molecule has 0 aliphatic rings. The highest BCUT2D eigenvalue weighted by atomic mass is 32.2. The molecule has 4 rings (SSSR count). The molecule has 0 atom stereocenters. The summed E-state index contributed by atoms with van der Waals surface area (Å²) in [5, 5.41) is 7.79. The molecule has 32 heavy (non-hydrogen) atoms. The first-order valence-corrected chi connectivity index (χ1v) is 12.1. The van der Waals surface area contributed by atoms with Crippen LogP contribution in [0, 0.1) is 0 Å². The van der Waals surface area contributed by atoms with Crippen molar-refractivity contribution in [3.63, 3.8) is 0 Å². The summed E-state index contributed by atoms with van der Waals surface area (Å²) < 4.78 is 0. The van der Waals surface area contributed by atoms with E-state index in [2.05, 4.69) is 10.6 Å². The molecule has 0 radical (unpaired) electrons. The molecule has 160 valence electrons. The van der Waals surface area contributed by atoms with E-state index in [1.807, 2.05) is 97.1 Å². The van der Waals surface area contributed by atoms with Crippen molar-refractivity contribution in [1.29, 1.82) is 0 Å². The minimum Gasteiger partial charge on any atom is -0.325 e. The molecule has 4 aromatic carbocycles. The number of carbonyl (C=O) groups excluding carboxylic acids is 2. The highest BCUT2D eigenvalue weighted by Crippen LogP contribution is 2.30. The molecule has 0 saturated heterocycles. The van der Waals surface area contributed by atoms with Crippen LogP contribution in [0.4, 0.5) is 11.4 Å². The Kier molecular flexibility index (Phi) is 7.48. The van der Waals surface area contributed by atoms with Crippen molar-refractivity contribution in [1.82, 2.24) is 0 Å². The summed E-state index contributed by atoms with van der Waals surface area (Å²) in [6, 6.07) is 31.1. The third kappa shape index (κ3) is 5.93. The van der Waals surface area contributed by atoms with Gasteiger partial charge in [-0.3, -0.25) is 9.59 Å². The van der Waals surface area contributed by atoms with Gasteiger partial charge < -0.3 is 10.6 Å². The van der Waals surface area contributed by atoms with Gasteiger partial charge in [0, 0.05) is 31.9 Å². The fraction of sp³-hybridized carbons (Fsp3) is 0.0769. The summed E-state index contributed by atoms with van der Waals surface area (Å²) in [6.07, 6.45) is 0. The van der Waals surface area contributed by atoms with Gasteiger partial charge in [-0.05, 0) is 36.4 Å². The second kappa shape index (κ2) is 10.9. The molecule has 0 saturated carbocycles. The zero-order chi connectivity index (χ0) is 22.2. The maximum Gasteiger partial charge on any atom is 0.234 e. The van der Waals surface area contributed by atoms with Crippen LogP contribution in [0.2, 0.25) is 0 Å². The fourth-order valence-electron chi connectivity index (χ4n) is 3.23. The van der Waals surface area contributed by atoms with E-state index in [9.17, 15) is 9.59 Å². The first-order chi connectivity index (χ1) is 15.7. The molecular formula is C26H22N2O2S2. The Labute approximate surface area is 195 Å². The minimum atomic E-state index is -0.0694. The number of anilines is 2. The summed E-state index contributed by atoms with van der Waals surface area (Å²) in [5.41, 5.74) is 1.46. The van der Waals surface area contributed by atoms with Crippen molar-refractivity contribution >= 4 is 57.5 Å². The molecule has 0 aliphatic heterocycles. The largest absolute Gasteiger partial charge is 0.325 e. The molecular weight excluding hydrogens is 436 g/mol. The molecule has 0 unspecified atom stereocenters.